The van der Waals surface area contributed by atoms with Gasteiger partial charge in [-0.1, -0.05) is 29.8 Å². The van der Waals surface area contributed by atoms with Gasteiger partial charge in [-0.05, 0) is 51.1 Å². The van der Waals surface area contributed by atoms with Crippen molar-refractivity contribution in [1.82, 2.24) is 25.1 Å². The number of hydrogen-bond donors (Lipinski definition) is 2. The highest BCUT2D eigenvalue weighted by Gasteiger charge is 2.23. The van der Waals surface area contributed by atoms with Crippen LogP contribution < -0.4 is 10.6 Å². The molecule has 1 fully saturated rings. The molecule has 1 aliphatic rings. The number of nitrogens with one attached hydrogen (secondary N) is 2. The molecule has 2 heterocycles. The molecule has 2 aromatic carbocycles. The zero-order valence-corrected chi connectivity index (χ0v) is 20.5. The standard InChI is InChI=1S/C27H32N6O2/c1-19(2)29-25(34)18-32-14-16-33(17-15-32)26(35)22-8-10-23(11-9-22)30-27-28-13-12-24(31-27)21-6-4-20(3)5-7-21/h4-13,19H,14-18H2,1-3H3,(H,29,34)(H,28,30,31). The van der Waals surface area contributed by atoms with E-state index in [0.717, 1.165) is 16.9 Å². The molecule has 4 rings (SSSR count). The molecule has 0 spiro atoms. The van der Waals surface area contributed by atoms with Crippen LogP contribution in [0.1, 0.15) is 29.8 Å². The lowest BCUT2D eigenvalue weighted by Gasteiger charge is -2.34. The number of rotatable bonds is 7. The van der Waals surface area contributed by atoms with Crippen LogP contribution in [0.5, 0.6) is 0 Å². The minimum atomic E-state index is 0.000417. The Balaban J connectivity index is 1.32. The highest BCUT2D eigenvalue weighted by Crippen LogP contribution is 2.20. The highest BCUT2D eigenvalue weighted by molar-refractivity contribution is 5.94. The Bertz CT molecular complexity index is 1150. The van der Waals surface area contributed by atoms with E-state index in [-0.39, 0.29) is 17.9 Å². The first-order valence-corrected chi connectivity index (χ1v) is 12.0. The predicted octanol–water partition coefficient (Wildman–Crippen LogP) is 3.48. The van der Waals surface area contributed by atoms with Gasteiger partial charge in [0, 0.05) is 55.2 Å². The lowest BCUT2D eigenvalue weighted by Crippen LogP contribution is -2.51. The fourth-order valence-electron chi connectivity index (χ4n) is 3.99. The largest absolute Gasteiger partial charge is 0.353 e. The minimum absolute atomic E-state index is 0.000417. The molecule has 2 N–H and O–H groups in total. The first-order chi connectivity index (χ1) is 16.9. The zero-order chi connectivity index (χ0) is 24.8. The molecular weight excluding hydrogens is 440 g/mol. The van der Waals surface area contributed by atoms with Crippen LogP contribution in [0.2, 0.25) is 0 Å². The smallest absolute Gasteiger partial charge is 0.253 e. The molecule has 2 amide bonds. The molecule has 3 aromatic rings. The molecule has 1 aromatic heterocycles. The minimum Gasteiger partial charge on any atom is -0.353 e. The number of piperazine rings is 1. The summed E-state index contributed by atoms with van der Waals surface area (Å²) in [5.41, 5.74) is 4.52. The predicted molar refractivity (Wildman–Crippen MR) is 138 cm³/mol. The fraction of sp³-hybridized carbons (Fsp3) is 0.333. The molecule has 0 aliphatic carbocycles. The van der Waals surface area contributed by atoms with Crippen molar-refractivity contribution in [3.05, 3.63) is 71.9 Å². The van der Waals surface area contributed by atoms with Gasteiger partial charge in [-0.2, -0.15) is 0 Å². The summed E-state index contributed by atoms with van der Waals surface area (Å²) >= 11 is 0. The number of anilines is 2. The first kappa shape index (κ1) is 24.3. The Morgan fingerprint density at radius 3 is 2.29 bits per heavy atom. The summed E-state index contributed by atoms with van der Waals surface area (Å²) in [6.07, 6.45) is 1.73. The summed E-state index contributed by atoms with van der Waals surface area (Å²) in [5, 5.41) is 6.13. The maximum atomic E-state index is 13.0. The third-order valence-corrected chi connectivity index (χ3v) is 5.87. The van der Waals surface area contributed by atoms with Crippen LogP contribution in [0.3, 0.4) is 0 Å². The number of aromatic nitrogens is 2. The number of carbonyl (C=O) groups is 2. The second-order valence-electron chi connectivity index (χ2n) is 9.12. The molecule has 0 unspecified atom stereocenters. The topological polar surface area (TPSA) is 90.5 Å². The molecule has 0 radical (unpaired) electrons. The van der Waals surface area contributed by atoms with Gasteiger partial charge in [-0.3, -0.25) is 14.5 Å². The Labute approximate surface area is 206 Å². The summed E-state index contributed by atoms with van der Waals surface area (Å²) < 4.78 is 0. The van der Waals surface area contributed by atoms with Gasteiger partial charge in [0.1, 0.15) is 0 Å². The van der Waals surface area contributed by atoms with Crippen LogP contribution in [0.4, 0.5) is 11.6 Å². The highest BCUT2D eigenvalue weighted by atomic mass is 16.2. The Morgan fingerprint density at radius 2 is 1.63 bits per heavy atom. The van der Waals surface area contributed by atoms with Gasteiger partial charge in [0.2, 0.25) is 11.9 Å². The molecule has 0 bridgehead atoms. The zero-order valence-electron chi connectivity index (χ0n) is 20.5. The molecule has 0 atom stereocenters. The second-order valence-corrected chi connectivity index (χ2v) is 9.12. The van der Waals surface area contributed by atoms with E-state index in [9.17, 15) is 9.59 Å². The fourth-order valence-corrected chi connectivity index (χ4v) is 3.99. The Kier molecular flexibility index (Phi) is 7.72. The summed E-state index contributed by atoms with van der Waals surface area (Å²) in [6.45, 7) is 8.90. The van der Waals surface area contributed by atoms with Crippen LogP contribution in [-0.2, 0) is 4.79 Å². The van der Waals surface area contributed by atoms with Crippen molar-refractivity contribution < 1.29 is 9.59 Å². The van der Waals surface area contributed by atoms with Crippen LogP contribution in [0.15, 0.2) is 60.8 Å². The van der Waals surface area contributed by atoms with E-state index >= 15 is 0 Å². The number of nitrogens with zero attached hydrogens (tertiary/aromatic N) is 4. The van der Waals surface area contributed by atoms with Gasteiger partial charge in [0.15, 0.2) is 0 Å². The van der Waals surface area contributed by atoms with E-state index in [2.05, 4.69) is 44.6 Å². The molecule has 182 valence electrons. The van der Waals surface area contributed by atoms with Crippen molar-refractivity contribution in [2.24, 2.45) is 0 Å². The van der Waals surface area contributed by atoms with E-state index in [1.165, 1.54) is 5.56 Å². The second kappa shape index (κ2) is 11.1. The third kappa shape index (κ3) is 6.64. The van der Waals surface area contributed by atoms with Crippen molar-refractivity contribution in [2.75, 3.05) is 38.0 Å². The number of benzene rings is 2. The van der Waals surface area contributed by atoms with Crippen molar-refractivity contribution in [2.45, 2.75) is 26.8 Å². The number of hydrogen-bond acceptors (Lipinski definition) is 6. The number of amides is 2. The van der Waals surface area contributed by atoms with Crippen molar-refractivity contribution in [3.8, 4) is 11.3 Å². The van der Waals surface area contributed by atoms with E-state index in [0.29, 0.717) is 44.2 Å². The maximum Gasteiger partial charge on any atom is 0.253 e. The van der Waals surface area contributed by atoms with Gasteiger partial charge in [0.25, 0.3) is 5.91 Å². The van der Waals surface area contributed by atoms with E-state index in [1.807, 2.05) is 61.2 Å². The van der Waals surface area contributed by atoms with Crippen molar-refractivity contribution >= 4 is 23.5 Å². The maximum absolute atomic E-state index is 13.0. The number of carbonyl (C=O) groups excluding carboxylic acids is 2. The van der Waals surface area contributed by atoms with Gasteiger partial charge in [-0.15, -0.1) is 0 Å². The van der Waals surface area contributed by atoms with E-state index in [4.69, 9.17) is 0 Å². The van der Waals surface area contributed by atoms with Crippen LogP contribution in [0.25, 0.3) is 11.3 Å². The molecule has 1 saturated heterocycles. The Morgan fingerprint density at radius 1 is 0.943 bits per heavy atom. The molecular formula is C27H32N6O2. The lowest BCUT2D eigenvalue weighted by molar-refractivity contribution is -0.123. The first-order valence-electron chi connectivity index (χ1n) is 12.0. The van der Waals surface area contributed by atoms with Crippen molar-refractivity contribution in [1.29, 1.82) is 0 Å². The van der Waals surface area contributed by atoms with Crippen LogP contribution in [0, 0.1) is 6.92 Å². The van der Waals surface area contributed by atoms with Gasteiger partial charge < -0.3 is 15.5 Å². The average Bonchev–Trinajstić information content (AvgIpc) is 2.85. The van der Waals surface area contributed by atoms with E-state index < -0.39 is 0 Å². The lowest BCUT2D eigenvalue weighted by atomic mass is 10.1. The SMILES string of the molecule is Cc1ccc(-c2ccnc(Nc3ccc(C(=O)N4CCN(CC(=O)NC(C)C)CC4)cc3)n2)cc1. The quantitative estimate of drug-likeness (QED) is 0.547. The van der Waals surface area contributed by atoms with E-state index in [1.54, 1.807) is 6.20 Å². The molecule has 8 heteroatoms. The molecule has 8 nitrogen and oxygen atoms in total. The summed E-state index contributed by atoms with van der Waals surface area (Å²) in [6, 6.07) is 17.6. The van der Waals surface area contributed by atoms with Gasteiger partial charge in [-0.25, -0.2) is 9.97 Å². The van der Waals surface area contributed by atoms with Gasteiger partial charge in [0.05, 0.1) is 12.2 Å². The average molecular weight is 473 g/mol. The number of aryl methyl sites for hydroxylation is 1. The van der Waals surface area contributed by atoms with Crippen molar-refractivity contribution in [3.63, 3.8) is 0 Å². The molecule has 35 heavy (non-hydrogen) atoms. The van der Waals surface area contributed by atoms with Gasteiger partial charge >= 0.3 is 0 Å². The monoisotopic (exact) mass is 472 g/mol. The molecule has 0 saturated carbocycles. The van der Waals surface area contributed by atoms with Crippen LogP contribution in [-0.4, -0.2) is 70.3 Å². The summed E-state index contributed by atoms with van der Waals surface area (Å²) in [7, 11) is 0. The van der Waals surface area contributed by atoms with Crippen LogP contribution >= 0.6 is 0 Å². The molecule has 1 aliphatic heterocycles. The Hall–Kier alpha value is -3.78. The third-order valence-electron chi connectivity index (χ3n) is 5.87. The normalized spacial score (nSPS) is 14.1. The summed E-state index contributed by atoms with van der Waals surface area (Å²) in [4.78, 5) is 37.8. The summed E-state index contributed by atoms with van der Waals surface area (Å²) in [5.74, 6) is 0.525.